The molecule has 98 valence electrons. The minimum absolute atomic E-state index is 0.0463. The first kappa shape index (κ1) is 13.9. The van der Waals surface area contributed by atoms with E-state index >= 15 is 0 Å². The van der Waals surface area contributed by atoms with Crippen molar-refractivity contribution in [3.05, 3.63) is 0 Å². The van der Waals surface area contributed by atoms with Gasteiger partial charge in [-0.3, -0.25) is 9.59 Å². The van der Waals surface area contributed by atoms with Crippen molar-refractivity contribution in [2.45, 2.75) is 19.9 Å². The summed E-state index contributed by atoms with van der Waals surface area (Å²) in [5.74, 6) is -0.580. The molecule has 1 saturated heterocycles. The highest BCUT2D eigenvalue weighted by Gasteiger charge is 2.22. The maximum atomic E-state index is 12.0. The number of nitrogens with zero attached hydrogens (tertiary/aromatic N) is 1. The fourth-order valence-corrected chi connectivity index (χ4v) is 1.60. The summed E-state index contributed by atoms with van der Waals surface area (Å²) >= 11 is 0. The molecule has 1 fully saturated rings. The van der Waals surface area contributed by atoms with E-state index in [0.29, 0.717) is 32.8 Å². The Balaban J connectivity index is 2.33. The summed E-state index contributed by atoms with van der Waals surface area (Å²) in [6.07, 6.45) is 0. The summed E-state index contributed by atoms with van der Waals surface area (Å²) < 4.78 is 5.18. The zero-order valence-corrected chi connectivity index (χ0v) is 10.4. The molecule has 1 heterocycles. The van der Waals surface area contributed by atoms with Gasteiger partial charge in [0.05, 0.1) is 19.3 Å². The van der Waals surface area contributed by atoms with Crippen molar-refractivity contribution in [2.75, 3.05) is 32.8 Å². The van der Waals surface area contributed by atoms with Crippen LogP contribution in [0, 0.1) is 5.92 Å². The molecule has 1 aliphatic rings. The molecule has 3 N–H and O–H groups in total. The smallest absolute Gasteiger partial charge is 0.239 e. The Morgan fingerprint density at radius 1 is 1.35 bits per heavy atom. The largest absolute Gasteiger partial charge is 0.378 e. The van der Waals surface area contributed by atoms with Crippen molar-refractivity contribution in [1.82, 2.24) is 10.2 Å². The van der Waals surface area contributed by atoms with Gasteiger partial charge in [-0.15, -0.1) is 0 Å². The minimum Gasteiger partial charge on any atom is -0.378 e. The van der Waals surface area contributed by atoms with E-state index in [2.05, 4.69) is 5.32 Å². The van der Waals surface area contributed by atoms with Crippen LogP contribution in [0.5, 0.6) is 0 Å². The second-order valence-corrected chi connectivity index (χ2v) is 4.37. The first-order chi connectivity index (χ1) is 8.02. The number of nitrogens with one attached hydrogen (secondary N) is 1. The van der Waals surface area contributed by atoms with Crippen LogP contribution >= 0.6 is 0 Å². The molecule has 2 amide bonds. The van der Waals surface area contributed by atoms with Crippen LogP contribution in [0.4, 0.5) is 0 Å². The molecule has 1 rings (SSSR count). The summed E-state index contributed by atoms with van der Waals surface area (Å²) in [6, 6.07) is -0.296. The number of primary amides is 1. The lowest BCUT2D eigenvalue weighted by molar-refractivity contribution is -0.137. The Labute approximate surface area is 101 Å². The Morgan fingerprint density at radius 3 is 2.47 bits per heavy atom. The monoisotopic (exact) mass is 243 g/mol. The van der Waals surface area contributed by atoms with Crippen LogP contribution < -0.4 is 11.1 Å². The molecule has 0 saturated carbocycles. The Bertz CT molecular complexity index is 277. The van der Waals surface area contributed by atoms with E-state index in [1.54, 1.807) is 18.7 Å². The van der Waals surface area contributed by atoms with Crippen LogP contribution in [0.25, 0.3) is 0 Å². The van der Waals surface area contributed by atoms with Crippen LogP contribution in [0.3, 0.4) is 0 Å². The first-order valence-corrected chi connectivity index (χ1v) is 5.91. The third-order valence-corrected chi connectivity index (χ3v) is 2.91. The molecular weight excluding hydrogens is 222 g/mol. The number of ether oxygens (including phenoxy) is 1. The Morgan fingerprint density at radius 2 is 1.94 bits per heavy atom. The zero-order chi connectivity index (χ0) is 12.8. The van der Waals surface area contributed by atoms with Crippen LogP contribution in [-0.2, 0) is 14.3 Å². The van der Waals surface area contributed by atoms with E-state index < -0.39 is 0 Å². The van der Waals surface area contributed by atoms with Crippen molar-refractivity contribution in [3.8, 4) is 0 Å². The van der Waals surface area contributed by atoms with Gasteiger partial charge >= 0.3 is 0 Å². The van der Waals surface area contributed by atoms with Crippen LogP contribution in [0.15, 0.2) is 0 Å². The molecule has 0 aliphatic carbocycles. The van der Waals surface area contributed by atoms with Gasteiger partial charge in [-0.05, 0) is 6.92 Å². The molecular formula is C11H21N3O3. The highest BCUT2D eigenvalue weighted by atomic mass is 16.5. The second kappa shape index (κ2) is 6.56. The topological polar surface area (TPSA) is 84.7 Å². The lowest BCUT2D eigenvalue weighted by Crippen LogP contribution is -2.50. The van der Waals surface area contributed by atoms with Gasteiger partial charge in [0.1, 0.15) is 0 Å². The summed E-state index contributed by atoms with van der Waals surface area (Å²) in [6.45, 7) is 6.41. The van der Waals surface area contributed by atoms with E-state index in [1.807, 2.05) is 0 Å². The van der Waals surface area contributed by atoms with Gasteiger partial charge in [-0.1, -0.05) is 6.92 Å². The number of rotatable bonds is 5. The van der Waals surface area contributed by atoms with Crippen LogP contribution in [0.1, 0.15) is 13.8 Å². The standard InChI is InChI=1S/C11H21N3O3/c1-8(10(12)15)7-13-9(2)11(16)14-3-5-17-6-4-14/h8-9,13H,3-7H2,1-2H3,(H2,12,15). The van der Waals surface area contributed by atoms with Gasteiger partial charge in [0.25, 0.3) is 0 Å². The van der Waals surface area contributed by atoms with Gasteiger partial charge < -0.3 is 20.7 Å². The molecule has 0 aromatic carbocycles. The average molecular weight is 243 g/mol. The zero-order valence-electron chi connectivity index (χ0n) is 10.4. The van der Waals surface area contributed by atoms with E-state index in [0.717, 1.165) is 0 Å². The van der Waals surface area contributed by atoms with Gasteiger partial charge in [0.2, 0.25) is 11.8 Å². The highest BCUT2D eigenvalue weighted by molar-refractivity contribution is 5.81. The summed E-state index contributed by atoms with van der Waals surface area (Å²) in [5, 5.41) is 3.03. The fourth-order valence-electron chi connectivity index (χ4n) is 1.60. The molecule has 0 aromatic heterocycles. The van der Waals surface area contributed by atoms with Gasteiger partial charge in [-0.25, -0.2) is 0 Å². The van der Waals surface area contributed by atoms with Crippen LogP contribution in [0.2, 0.25) is 0 Å². The molecule has 6 nitrogen and oxygen atoms in total. The van der Waals surface area contributed by atoms with Crippen molar-refractivity contribution >= 4 is 11.8 Å². The number of hydrogen-bond acceptors (Lipinski definition) is 4. The van der Waals surface area contributed by atoms with Gasteiger partial charge in [-0.2, -0.15) is 0 Å². The maximum absolute atomic E-state index is 12.0. The molecule has 1 aliphatic heterocycles. The van der Waals surface area contributed by atoms with Crippen LogP contribution in [-0.4, -0.2) is 55.6 Å². The fraction of sp³-hybridized carbons (Fsp3) is 0.818. The molecule has 0 aromatic rings. The summed E-state index contributed by atoms with van der Waals surface area (Å²) in [4.78, 5) is 24.6. The van der Waals surface area contributed by atoms with Gasteiger partial charge in [0, 0.05) is 25.6 Å². The quantitative estimate of drug-likeness (QED) is 0.645. The lowest BCUT2D eigenvalue weighted by Gasteiger charge is -2.29. The SMILES string of the molecule is CC(CNC(C)C(=O)N1CCOCC1)C(N)=O. The number of hydrogen-bond donors (Lipinski definition) is 2. The molecule has 0 bridgehead atoms. The number of amides is 2. The average Bonchev–Trinajstić information content (AvgIpc) is 2.35. The number of nitrogens with two attached hydrogens (primary N) is 1. The van der Waals surface area contributed by atoms with Crippen molar-refractivity contribution in [2.24, 2.45) is 11.7 Å². The predicted molar refractivity (Wildman–Crippen MR) is 63.2 cm³/mol. The molecule has 17 heavy (non-hydrogen) atoms. The predicted octanol–water partition coefficient (Wildman–Crippen LogP) is -1.06. The van der Waals surface area contributed by atoms with Crippen molar-refractivity contribution in [3.63, 3.8) is 0 Å². The highest BCUT2D eigenvalue weighted by Crippen LogP contribution is 2.01. The third kappa shape index (κ3) is 4.32. The molecule has 6 heteroatoms. The van der Waals surface area contributed by atoms with E-state index in [1.165, 1.54) is 0 Å². The minimum atomic E-state index is -0.358. The molecule has 0 spiro atoms. The Kier molecular flexibility index (Phi) is 5.37. The van der Waals surface area contributed by atoms with E-state index in [4.69, 9.17) is 10.5 Å². The van der Waals surface area contributed by atoms with E-state index in [-0.39, 0.29) is 23.8 Å². The van der Waals surface area contributed by atoms with Gasteiger partial charge in [0.15, 0.2) is 0 Å². The molecule has 2 unspecified atom stereocenters. The summed E-state index contributed by atoms with van der Waals surface area (Å²) in [5.41, 5.74) is 5.15. The van der Waals surface area contributed by atoms with Crippen molar-refractivity contribution < 1.29 is 14.3 Å². The maximum Gasteiger partial charge on any atom is 0.239 e. The third-order valence-electron chi connectivity index (χ3n) is 2.91. The number of morpholine rings is 1. The lowest BCUT2D eigenvalue weighted by atomic mass is 10.1. The molecule has 0 radical (unpaired) electrons. The van der Waals surface area contributed by atoms with E-state index in [9.17, 15) is 9.59 Å². The molecule has 2 atom stereocenters. The van der Waals surface area contributed by atoms with Crippen molar-refractivity contribution in [1.29, 1.82) is 0 Å². The normalized spacial score (nSPS) is 19.8. The Hall–Kier alpha value is -1.14. The first-order valence-electron chi connectivity index (χ1n) is 5.91. The second-order valence-electron chi connectivity index (χ2n) is 4.37. The number of carbonyl (C=O) groups excluding carboxylic acids is 2. The number of carbonyl (C=O) groups is 2. The summed E-state index contributed by atoms with van der Waals surface area (Å²) in [7, 11) is 0.